The molecule has 3 aliphatic heterocycles. The number of halogens is 4. The Bertz CT molecular complexity index is 2800. The average molecular weight is 1230 g/mol. The van der Waals surface area contributed by atoms with Crippen LogP contribution in [0.1, 0.15) is 128 Å². The largest absolute Gasteiger partial charge is 0.462 e. The van der Waals surface area contributed by atoms with Gasteiger partial charge in [-0.05, 0) is 93.2 Å². The number of anilines is 2. The lowest BCUT2D eigenvalue weighted by Gasteiger charge is -2.41. The number of urea groups is 1. The lowest BCUT2D eigenvalue weighted by atomic mass is 9.78. The fourth-order valence-corrected chi connectivity index (χ4v) is 11.1. The van der Waals surface area contributed by atoms with Crippen LogP contribution in [-0.4, -0.2) is 120 Å². The molecular formula is C60H79BrClF2N5O13. The van der Waals surface area contributed by atoms with E-state index in [1.54, 1.807) is 52.8 Å². The van der Waals surface area contributed by atoms with Gasteiger partial charge in [0.25, 0.3) is 0 Å². The van der Waals surface area contributed by atoms with Crippen molar-refractivity contribution in [2.75, 3.05) is 36.2 Å². The lowest BCUT2D eigenvalue weighted by molar-refractivity contribution is -0.187. The molecule has 0 aromatic heterocycles. The number of unbranched alkanes of at least 4 members (excludes halogenated alkanes) is 3. The van der Waals surface area contributed by atoms with Gasteiger partial charge in [0, 0.05) is 76.0 Å². The van der Waals surface area contributed by atoms with Crippen molar-refractivity contribution in [2.24, 2.45) is 23.5 Å². The van der Waals surface area contributed by atoms with E-state index >= 15 is 8.78 Å². The number of benzene rings is 2. The molecule has 2 aromatic rings. The van der Waals surface area contributed by atoms with Gasteiger partial charge in [0.15, 0.2) is 11.6 Å². The normalized spacial score (nSPS) is 24.6. The van der Waals surface area contributed by atoms with Crippen LogP contribution >= 0.6 is 27.5 Å². The molecule has 4 bridgehead atoms. The third kappa shape index (κ3) is 18.3. The van der Waals surface area contributed by atoms with Crippen molar-refractivity contribution in [3.05, 3.63) is 93.6 Å². The van der Waals surface area contributed by atoms with Crippen molar-refractivity contribution >= 4 is 86.2 Å². The zero-order chi connectivity index (χ0) is 60.8. The maximum atomic E-state index is 16.1. The van der Waals surface area contributed by atoms with E-state index in [1.807, 2.05) is 19.1 Å². The molecule has 450 valence electrons. The summed E-state index contributed by atoms with van der Waals surface area (Å²) in [6.07, 6.45) is 1.95. The van der Waals surface area contributed by atoms with E-state index in [1.165, 1.54) is 19.1 Å². The number of alkyl halides is 1. The highest BCUT2D eigenvalue weighted by molar-refractivity contribution is 9.09. The number of allylic oxidation sites excluding steroid dienone is 4. The number of ether oxygens (including phenoxy) is 4. The molecule has 0 spiro atoms. The number of epoxide rings is 1. The number of methoxy groups -OCH3 is 1. The number of esters is 1. The van der Waals surface area contributed by atoms with E-state index in [-0.39, 0.29) is 62.6 Å². The standard InChI is InChI=1S/C60H79BrClF2N5O13/c1-33(2)41(27-40(70)17-12-10-11-13-19-47(71)36(5)32-61)56(75)67-44(18-15-21-66-57(65)76)48(72)26-39-25-43(64)45(28-42(39)63)68-58(77)81-51-29-52(73)69(8)46-24-38(23-35(4)54(46)62)22-34(3)16-14-20-50(79-9)60(78)30-49(80-53(74)31-60)37(6)55-59(51,7)82-55/h14,16,20,23-25,28,33,37,41,44,49-51,55,78H,5,10-13,15,17-19,21-22,26-27,29-32H2,1-4,6-9H3,(H,67,75)(H,68,77)(H3,65,66,76)/b20-14+,34-16+/t37-,41+,44+,49+,50-,51+,55+,59+,60-/m1/s1. The summed E-state index contributed by atoms with van der Waals surface area (Å²) in [6, 6.07) is 2.96. The monoisotopic (exact) mass is 1230 g/mol. The van der Waals surface area contributed by atoms with E-state index in [9.17, 15) is 43.5 Å². The van der Waals surface area contributed by atoms with Gasteiger partial charge < -0.3 is 45.3 Å². The second-order valence-electron chi connectivity index (χ2n) is 22.5. The molecule has 2 aromatic carbocycles. The molecule has 2 saturated heterocycles. The first-order valence-corrected chi connectivity index (χ1v) is 29.2. The van der Waals surface area contributed by atoms with Crippen molar-refractivity contribution < 1.29 is 71.2 Å². The number of aryl methyl sites for hydroxylation is 1. The van der Waals surface area contributed by atoms with Crippen LogP contribution in [-0.2, 0) is 60.6 Å². The molecule has 6 N–H and O–H groups in total. The van der Waals surface area contributed by atoms with Crippen molar-refractivity contribution in [1.82, 2.24) is 10.6 Å². The minimum atomic E-state index is -1.69. The number of amides is 5. The van der Waals surface area contributed by atoms with Gasteiger partial charge in [0.05, 0.1) is 41.4 Å². The summed E-state index contributed by atoms with van der Waals surface area (Å²) >= 11 is 10.0. The Morgan fingerprint density at radius 2 is 1.72 bits per heavy atom. The fourth-order valence-electron chi connectivity index (χ4n) is 10.6. The van der Waals surface area contributed by atoms with E-state index in [0.29, 0.717) is 65.3 Å². The summed E-state index contributed by atoms with van der Waals surface area (Å²) in [6.45, 7) is 14.3. The van der Waals surface area contributed by atoms with Crippen molar-refractivity contribution in [2.45, 2.75) is 173 Å². The number of carbonyl (C=O) groups excluding carboxylic acids is 8. The molecule has 9 atom stereocenters. The predicted molar refractivity (Wildman–Crippen MR) is 309 cm³/mol. The number of Topliss-reactive ketones (excluding diaryl/α,β-unsaturated/α-hetero) is 3. The summed E-state index contributed by atoms with van der Waals surface area (Å²) in [4.78, 5) is 107. The van der Waals surface area contributed by atoms with Gasteiger partial charge in [-0.1, -0.05) is 97.6 Å². The van der Waals surface area contributed by atoms with Crippen LogP contribution in [0.15, 0.2) is 60.2 Å². The van der Waals surface area contributed by atoms with Gasteiger partial charge in [0.1, 0.15) is 46.9 Å². The van der Waals surface area contributed by atoms with Gasteiger partial charge in [-0.2, -0.15) is 0 Å². The Balaban J connectivity index is 1.33. The van der Waals surface area contributed by atoms with Crippen LogP contribution in [0.4, 0.5) is 29.7 Å². The highest BCUT2D eigenvalue weighted by atomic mass is 79.9. The number of nitrogens with two attached hydrogens (primary N) is 1. The Kier molecular flexibility index (Phi) is 24.6. The van der Waals surface area contributed by atoms with Gasteiger partial charge in [0.2, 0.25) is 11.8 Å². The first-order valence-electron chi connectivity index (χ1n) is 27.7. The third-order valence-corrected chi connectivity index (χ3v) is 16.8. The van der Waals surface area contributed by atoms with Gasteiger partial charge in [-0.15, -0.1) is 0 Å². The van der Waals surface area contributed by atoms with E-state index in [4.69, 9.17) is 36.3 Å². The third-order valence-electron chi connectivity index (χ3n) is 15.6. The first-order chi connectivity index (χ1) is 38.6. The number of hydrogen-bond donors (Lipinski definition) is 5. The van der Waals surface area contributed by atoms with Gasteiger partial charge >= 0.3 is 18.1 Å². The highest BCUT2D eigenvalue weighted by Crippen LogP contribution is 2.50. The number of primary amides is 1. The Morgan fingerprint density at radius 3 is 2.38 bits per heavy atom. The van der Waals surface area contributed by atoms with Crippen LogP contribution in [0.2, 0.25) is 5.02 Å². The number of nitrogens with zero attached hydrogens (tertiary/aromatic N) is 1. The minimum absolute atomic E-state index is 0.0118. The van der Waals surface area contributed by atoms with Crippen LogP contribution in [0.5, 0.6) is 0 Å². The van der Waals surface area contributed by atoms with Gasteiger partial charge in [-0.3, -0.25) is 34.1 Å². The molecule has 22 heteroatoms. The number of ketones is 3. The smallest absolute Gasteiger partial charge is 0.412 e. The van der Waals surface area contributed by atoms with E-state index < -0.39 is 125 Å². The molecule has 0 unspecified atom stereocenters. The van der Waals surface area contributed by atoms with Crippen LogP contribution in [0.25, 0.3) is 0 Å². The molecule has 5 amide bonds. The van der Waals surface area contributed by atoms with Crippen LogP contribution in [0, 0.1) is 36.3 Å². The summed E-state index contributed by atoms with van der Waals surface area (Å²) in [5.41, 5.74) is 4.30. The molecule has 0 radical (unpaired) electrons. The predicted octanol–water partition coefficient (Wildman–Crippen LogP) is 9.34. The highest BCUT2D eigenvalue weighted by Gasteiger charge is 2.64. The number of rotatable bonds is 24. The summed E-state index contributed by atoms with van der Waals surface area (Å²) in [5.74, 6) is -6.80. The Hall–Kier alpha value is -5.87. The molecular weight excluding hydrogens is 1150 g/mol. The molecule has 18 nitrogen and oxygen atoms in total. The molecule has 3 heterocycles. The van der Waals surface area contributed by atoms with Crippen molar-refractivity contribution in [3.63, 3.8) is 0 Å². The number of fused-ring (bicyclic) bond motifs is 5. The molecule has 0 saturated carbocycles. The fraction of sp³-hybridized carbons (Fsp3) is 0.567. The van der Waals surface area contributed by atoms with Crippen LogP contribution < -0.4 is 26.6 Å². The lowest BCUT2D eigenvalue weighted by Crippen LogP contribution is -2.53. The maximum Gasteiger partial charge on any atom is 0.412 e. The summed E-state index contributed by atoms with van der Waals surface area (Å²) < 4.78 is 55.8. The van der Waals surface area contributed by atoms with Gasteiger partial charge in [-0.25, -0.2) is 18.4 Å². The molecule has 5 rings (SSSR count). The summed E-state index contributed by atoms with van der Waals surface area (Å²) in [5, 5.41) is 20.0. The molecule has 3 aliphatic rings. The maximum absolute atomic E-state index is 16.1. The Labute approximate surface area is 492 Å². The van der Waals surface area contributed by atoms with Crippen molar-refractivity contribution in [3.8, 4) is 0 Å². The second-order valence-corrected chi connectivity index (χ2v) is 23.4. The van der Waals surface area contributed by atoms with Crippen LogP contribution in [0.3, 0.4) is 0 Å². The number of hydrogen-bond acceptors (Lipinski definition) is 13. The SMILES string of the molecule is C=C(CBr)C(=O)CCCCCCC(=O)C[C@H](C(=O)N[C@@H](CCCNC(N)=O)C(=O)Cc1cc(F)c(NC(=O)O[C@H]2CC(=O)N(C)c3cc(cc(C)c3Cl)C/C(C)=C/C=C/[C@@H](OC)[C@]3(O)CC(=O)O[C@@H](C3)[C@@H](C)[C@@H]3O[C@@]23C)cc1F)C(C)C. The zero-order valence-corrected chi connectivity index (χ0v) is 50.4. The van der Waals surface area contributed by atoms with E-state index in [0.717, 1.165) is 23.6 Å². The van der Waals surface area contributed by atoms with E-state index in [2.05, 4.69) is 38.5 Å². The molecule has 82 heavy (non-hydrogen) atoms. The zero-order valence-electron chi connectivity index (χ0n) is 48.1. The quantitative estimate of drug-likeness (QED) is 0.0216. The topological polar surface area (TPSA) is 262 Å². The number of carbonyl (C=O) groups is 8. The minimum Gasteiger partial charge on any atom is -0.462 e. The van der Waals surface area contributed by atoms with Crippen molar-refractivity contribution in [1.29, 1.82) is 0 Å². The average Bonchev–Trinajstić information content (AvgIpc) is 4.18. The first kappa shape index (κ1) is 66.9. The second kappa shape index (κ2) is 30.1. The Morgan fingerprint density at radius 1 is 1.02 bits per heavy atom. The summed E-state index contributed by atoms with van der Waals surface area (Å²) in [7, 11) is 2.93. The number of aliphatic hydroxyl groups is 1. The number of nitrogens with one attached hydrogen (secondary N) is 3. The molecule has 2 fully saturated rings. The molecule has 0 aliphatic carbocycles.